The lowest BCUT2D eigenvalue weighted by Crippen LogP contribution is -2.28. The number of hydrogen-bond acceptors (Lipinski definition) is 3. The van der Waals surface area contributed by atoms with E-state index in [0.29, 0.717) is 6.42 Å². The Hall–Kier alpha value is -1.37. The second-order valence-electron chi connectivity index (χ2n) is 3.34. The van der Waals surface area contributed by atoms with Crippen LogP contribution < -0.4 is 11.3 Å². The largest absolute Gasteiger partial charge is 0.271 e. The standard InChI is InChI=1S/C11H15N3/c1-4-5-10(14-12)11-7-8(2)6-9(3)13-11/h1,6-7,10,14H,5,12H2,2-3H3. The van der Waals surface area contributed by atoms with Crippen LogP contribution in [-0.4, -0.2) is 4.98 Å². The lowest BCUT2D eigenvalue weighted by molar-refractivity contribution is 0.552. The van der Waals surface area contributed by atoms with Crippen LogP contribution in [0.5, 0.6) is 0 Å². The average molecular weight is 189 g/mol. The van der Waals surface area contributed by atoms with E-state index in [1.54, 1.807) is 0 Å². The molecular formula is C11H15N3. The molecule has 1 atom stereocenters. The van der Waals surface area contributed by atoms with Gasteiger partial charge in [-0.25, -0.2) is 0 Å². The van der Waals surface area contributed by atoms with E-state index in [0.717, 1.165) is 11.4 Å². The van der Waals surface area contributed by atoms with Crippen molar-refractivity contribution in [3.63, 3.8) is 0 Å². The topological polar surface area (TPSA) is 50.9 Å². The fourth-order valence-corrected chi connectivity index (χ4v) is 1.42. The number of terminal acetylenes is 1. The molecule has 0 saturated carbocycles. The first-order valence-corrected chi connectivity index (χ1v) is 4.52. The van der Waals surface area contributed by atoms with Gasteiger partial charge in [0.1, 0.15) is 0 Å². The maximum Gasteiger partial charge on any atom is 0.0741 e. The molecule has 3 heteroatoms. The first-order valence-electron chi connectivity index (χ1n) is 4.52. The summed E-state index contributed by atoms with van der Waals surface area (Å²) < 4.78 is 0. The number of aryl methyl sites for hydroxylation is 2. The summed E-state index contributed by atoms with van der Waals surface area (Å²) in [6, 6.07) is 3.96. The molecule has 1 aromatic rings. The fraction of sp³-hybridized carbons (Fsp3) is 0.364. The van der Waals surface area contributed by atoms with E-state index in [1.165, 1.54) is 5.56 Å². The predicted molar refractivity (Wildman–Crippen MR) is 57.2 cm³/mol. The molecule has 14 heavy (non-hydrogen) atoms. The van der Waals surface area contributed by atoms with Crippen LogP contribution in [0.3, 0.4) is 0 Å². The Balaban J connectivity index is 2.98. The summed E-state index contributed by atoms with van der Waals surface area (Å²) in [4.78, 5) is 4.39. The van der Waals surface area contributed by atoms with Crippen molar-refractivity contribution in [1.29, 1.82) is 0 Å². The molecule has 0 aliphatic heterocycles. The molecule has 0 aliphatic carbocycles. The highest BCUT2D eigenvalue weighted by atomic mass is 15.2. The molecular weight excluding hydrogens is 174 g/mol. The highest BCUT2D eigenvalue weighted by molar-refractivity contribution is 5.22. The van der Waals surface area contributed by atoms with Crippen molar-refractivity contribution in [2.75, 3.05) is 0 Å². The van der Waals surface area contributed by atoms with Gasteiger partial charge in [-0.1, -0.05) is 0 Å². The maximum atomic E-state index is 5.41. The molecule has 1 rings (SSSR count). The monoisotopic (exact) mass is 189 g/mol. The van der Waals surface area contributed by atoms with Crippen LogP contribution in [-0.2, 0) is 0 Å². The van der Waals surface area contributed by atoms with Crippen molar-refractivity contribution >= 4 is 0 Å². The molecule has 0 saturated heterocycles. The van der Waals surface area contributed by atoms with E-state index in [4.69, 9.17) is 12.3 Å². The minimum Gasteiger partial charge on any atom is -0.271 e. The van der Waals surface area contributed by atoms with Crippen molar-refractivity contribution in [1.82, 2.24) is 10.4 Å². The maximum absolute atomic E-state index is 5.41. The Bertz CT molecular complexity index is 332. The lowest BCUT2D eigenvalue weighted by Gasteiger charge is -2.13. The molecule has 1 heterocycles. The van der Waals surface area contributed by atoms with Gasteiger partial charge in [-0.05, 0) is 31.5 Å². The second-order valence-corrected chi connectivity index (χ2v) is 3.34. The molecule has 74 valence electrons. The number of pyridine rings is 1. The number of nitrogens with one attached hydrogen (secondary N) is 1. The summed E-state index contributed by atoms with van der Waals surface area (Å²) in [6.07, 6.45) is 5.79. The molecule has 0 spiro atoms. The summed E-state index contributed by atoms with van der Waals surface area (Å²) in [6.45, 7) is 3.99. The number of aromatic nitrogens is 1. The molecule has 0 aromatic carbocycles. The number of nitrogens with zero attached hydrogens (tertiary/aromatic N) is 1. The highest BCUT2D eigenvalue weighted by Gasteiger charge is 2.10. The third-order valence-corrected chi connectivity index (χ3v) is 2.00. The van der Waals surface area contributed by atoms with Gasteiger partial charge < -0.3 is 0 Å². The van der Waals surface area contributed by atoms with Gasteiger partial charge in [-0.3, -0.25) is 16.3 Å². The van der Waals surface area contributed by atoms with Crippen LogP contribution >= 0.6 is 0 Å². The van der Waals surface area contributed by atoms with E-state index in [1.807, 2.05) is 26.0 Å². The van der Waals surface area contributed by atoms with Gasteiger partial charge in [0.15, 0.2) is 0 Å². The molecule has 0 aliphatic rings. The summed E-state index contributed by atoms with van der Waals surface area (Å²) in [7, 11) is 0. The van der Waals surface area contributed by atoms with Gasteiger partial charge in [-0.15, -0.1) is 12.3 Å². The summed E-state index contributed by atoms with van der Waals surface area (Å²) in [5.74, 6) is 7.98. The van der Waals surface area contributed by atoms with Gasteiger partial charge in [-0.2, -0.15) is 0 Å². The Morgan fingerprint density at radius 1 is 1.57 bits per heavy atom. The first kappa shape index (κ1) is 10.7. The van der Waals surface area contributed by atoms with E-state index in [9.17, 15) is 0 Å². The molecule has 3 N–H and O–H groups in total. The Morgan fingerprint density at radius 2 is 2.29 bits per heavy atom. The Morgan fingerprint density at radius 3 is 2.79 bits per heavy atom. The molecule has 0 bridgehead atoms. The van der Waals surface area contributed by atoms with Crippen LogP contribution in [0.25, 0.3) is 0 Å². The zero-order chi connectivity index (χ0) is 10.6. The molecule has 1 unspecified atom stereocenters. The van der Waals surface area contributed by atoms with Crippen molar-refractivity contribution in [3.05, 3.63) is 29.1 Å². The van der Waals surface area contributed by atoms with E-state index in [-0.39, 0.29) is 6.04 Å². The number of hydrogen-bond donors (Lipinski definition) is 2. The molecule has 1 aromatic heterocycles. The van der Waals surface area contributed by atoms with E-state index >= 15 is 0 Å². The zero-order valence-electron chi connectivity index (χ0n) is 8.54. The van der Waals surface area contributed by atoms with Gasteiger partial charge in [0.2, 0.25) is 0 Å². The predicted octanol–water partition coefficient (Wildman–Crippen LogP) is 1.23. The molecule has 3 nitrogen and oxygen atoms in total. The third-order valence-electron chi connectivity index (χ3n) is 2.00. The zero-order valence-corrected chi connectivity index (χ0v) is 8.54. The highest BCUT2D eigenvalue weighted by Crippen LogP contribution is 2.15. The SMILES string of the molecule is C#CCC(NN)c1cc(C)cc(C)n1. The van der Waals surface area contributed by atoms with Crippen LogP contribution in [0.4, 0.5) is 0 Å². The van der Waals surface area contributed by atoms with Crippen molar-refractivity contribution in [3.8, 4) is 12.3 Å². The van der Waals surface area contributed by atoms with E-state index in [2.05, 4.69) is 16.3 Å². The minimum absolute atomic E-state index is 0.0569. The number of nitrogens with two attached hydrogens (primary N) is 1. The fourth-order valence-electron chi connectivity index (χ4n) is 1.42. The van der Waals surface area contributed by atoms with Crippen LogP contribution in [0, 0.1) is 26.2 Å². The first-order chi connectivity index (χ1) is 6.67. The van der Waals surface area contributed by atoms with Gasteiger partial charge in [0, 0.05) is 12.1 Å². The van der Waals surface area contributed by atoms with Crippen molar-refractivity contribution in [2.45, 2.75) is 26.3 Å². The van der Waals surface area contributed by atoms with Crippen molar-refractivity contribution < 1.29 is 0 Å². The Kier molecular flexibility index (Phi) is 3.63. The number of rotatable bonds is 3. The van der Waals surface area contributed by atoms with Crippen LogP contribution in [0.1, 0.15) is 29.4 Å². The van der Waals surface area contributed by atoms with Gasteiger partial charge >= 0.3 is 0 Å². The summed E-state index contributed by atoms with van der Waals surface area (Å²) >= 11 is 0. The molecule has 0 fully saturated rings. The molecule has 0 amide bonds. The summed E-state index contributed by atoms with van der Waals surface area (Å²) in [5, 5.41) is 0. The quantitative estimate of drug-likeness (QED) is 0.427. The Labute approximate surface area is 84.7 Å². The lowest BCUT2D eigenvalue weighted by atomic mass is 10.1. The van der Waals surface area contributed by atoms with E-state index < -0.39 is 0 Å². The smallest absolute Gasteiger partial charge is 0.0741 e. The van der Waals surface area contributed by atoms with Crippen LogP contribution in [0.15, 0.2) is 12.1 Å². The molecule has 0 radical (unpaired) electrons. The third kappa shape index (κ3) is 2.56. The second kappa shape index (κ2) is 4.75. The van der Waals surface area contributed by atoms with Crippen LogP contribution in [0.2, 0.25) is 0 Å². The summed E-state index contributed by atoms with van der Waals surface area (Å²) in [5.41, 5.74) is 5.73. The van der Waals surface area contributed by atoms with Gasteiger partial charge in [0.25, 0.3) is 0 Å². The average Bonchev–Trinajstić information content (AvgIpc) is 2.12. The van der Waals surface area contributed by atoms with Gasteiger partial charge in [0.05, 0.1) is 11.7 Å². The normalized spacial score (nSPS) is 12.1. The minimum atomic E-state index is -0.0569. The van der Waals surface area contributed by atoms with Crippen molar-refractivity contribution in [2.24, 2.45) is 5.84 Å². The number of hydrazine groups is 1.